The zero-order chi connectivity index (χ0) is 24.0. The van der Waals surface area contributed by atoms with E-state index in [1.807, 2.05) is 0 Å². The summed E-state index contributed by atoms with van der Waals surface area (Å²) in [4.78, 5) is 22.7. The predicted molar refractivity (Wildman–Crippen MR) is 126 cm³/mol. The van der Waals surface area contributed by atoms with Gasteiger partial charge in [-0.1, -0.05) is 35.9 Å². The van der Waals surface area contributed by atoms with Crippen molar-refractivity contribution in [1.82, 2.24) is 0 Å². The van der Waals surface area contributed by atoms with Gasteiger partial charge in [0.15, 0.2) is 0 Å². The molecular weight excluding hydrogens is 470 g/mol. The predicted octanol–water partition coefficient (Wildman–Crippen LogP) is 4.71. The van der Waals surface area contributed by atoms with E-state index in [9.17, 15) is 23.3 Å². The number of hydrogen-bond donors (Lipinski definition) is 2. The molecule has 1 amide bonds. The van der Waals surface area contributed by atoms with Crippen LogP contribution in [0.2, 0.25) is 5.02 Å². The van der Waals surface area contributed by atoms with Crippen LogP contribution in [0.4, 0.5) is 17.1 Å². The molecule has 170 valence electrons. The van der Waals surface area contributed by atoms with Crippen molar-refractivity contribution in [2.24, 2.45) is 0 Å². The Balaban J connectivity index is 1.84. The number of amides is 1. The maximum atomic E-state index is 12.9. The second kappa shape index (κ2) is 10.2. The van der Waals surface area contributed by atoms with Crippen LogP contribution in [-0.2, 0) is 14.8 Å². The molecule has 3 aromatic rings. The zero-order valence-corrected chi connectivity index (χ0v) is 18.8. The van der Waals surface area contributed by atoms with E-state index in [-0.39, 0.29) is 38.3 Å². The van der Waals surface area contributed by atoms with Gasteiger partial charge in [0.1, 0.15) is 10.6 Å². The monoisotopic (exact) mass is 487 g/mol. The average Bonchev–Trinajstić information content (AvgIpc) is 2.79. The number of carbonyl (C=O) groups excluding carboxylic acids is 1. The van der Waals surface area contributed by atoms with E-state index < -0.39 is 20.9 Å². The highest BCUT2D eigenvalue weighted by Gasteiger charge is 2.21. The van der Waals surface area contributed by atoms with Crippen LogP contribution in [0, 0.1) is 10.1 Å². The molecule has 33 heavy (non-hydrogen) atoms. The molecule has 0 heterocycles. The van der Waals surface area contributed by atoms with Gasteiger partial charge in [-0.25, -0.2) is 8.42 Å². The highest BCUT2D eigenvalue weighted by atomic mass is 35.5. The van der Waals surface area contributed by atoms with Crippen molar-refractivity contribution in [2.75, 3.05) is 17.1 Å². The summed E-state index contributed by atoms with van der Waals surface area (Å²) in [6.07, 6.45) is 2.41. The number of carbonyl (C=O) groups is 1. The van der Waals surface area contributed by atoms with E-state index >= 15 is 0 Å². The zero-order valence-electron chi connectivity index (χ0n) is 17.2. The van der Waals surface area contributed by atoms with Crippen molar-refractivity contribution < 1.29 is 22.9 Å². The number of nitro benzene ring substituents is 1. The van der Waals surface area contributed by atoms with Gasteiger partial charge < -0.3 is 10.1 Å². The van der Waals surface area contributed by atoms with Crippen LogP contribution in [0.5, 0.6) is 5.75 Å². The SMILES string of the molecule is COc1ccc(NC(=O)/C=C/c2ccccc2[N+](=O)[O-])cc1S(=O)(=O)Nc1ccccc1Cl. The quantitative estimate of drug-likeness (QED) is 0.269. The largest absolute Gasteiger partial charge is 0.495 e. The molecule has 0 radical (unpaired) electrons. The molecule has 11 heteroatoms. The Labute approximate surface area is 194 Å². The van der Waals surface area contributed by atoms with Crippen molar-refractivity contribution in [3.63, 3.8) is 0 Å². The molecule has 3 aromatic carbocycles. The van der Waals surface area contributed by atoms with E-state index in [0.717, 1.165) is 6.08 Å². The Morgan fingerprint density at radius 3 is 2.48 bits per heavy atom. The molecule has 3 rings (SSSR count). The van der Waals surface area contributed by atoms with Gasteiger partial charge >= 0.3 is 0 Å². The third kappa shape index (κ3) is 5.88. The van der Waals surface area contributed by atoms with Gasteiger partial charge in [0.05, 0.1) is 28.3 Å². The van der Waals surface area contributed by atoms with E-state index in [0.29, 0.717) is 0 Å². The van der Waals surface area contributed by atoms with Crippen molar-refractivity contribution in [1.29, 1.82) is 0 Å². The van der Waals surface area contributed by atoms with Crippen LogP contribution >= 0.6 is 11.6 Å². The van der Waals surface area contributed by atoms with Crippen LogP contribution in [0.1, 0.15) is 5.56 Å². The number of benzene rings is 3. The molecule has 2 N–H and O–H groups in total. The number of anilines is 2. The van der Waals surface area contributed by atoms with Crippen LogP contribution in [0.25, 0.3) is 6.08 Å². The Hall–Kier alpha value is -3.89. The van der Waals surface area contributed by atoms with Crippen molar-refractivity contribution in [3.8, 4) is 5.75 Å². The Kier molecular flexibility index (Phi) is 7.31. The smallest absolute Gasteiger partial charge is 0.276 e. The molecule has 9 nitrogen and oxygen atoms in total. The maximum Gasteiger partial charge on any atom is 0.276 e. The number of nitrogens with one attached hydrogen (secondary N) is 2. The third-order valence-corrected chi connectivity index (χ3v) is 6.10. The lowest BCUT2D eigenvalue weighted by Crippen LogP contribution is -2.15. The van der Waals surface area contributed by atoms with Crippen molar-refractivity contribution in [2.45, 2.75) is 4.90 Å². The van der Waals surface area contributed by atoms with Crippen LogP contribution in [0.15, 0.2) is 77.7 Å². The molecule has 0 bridgehead atoms. The van der Waals surface area contributed by atoms with Gasteiger partial charge in [-0.3, -0.25) is 19.6 Å². The van der Waals surface area contributed by atoms with Gasteiger partial charge in [-0.15, -0.1) is 0 Å². The minimum absolute atomic E-state index is 0.0583. The fourth-order valence-electron chi connectivity index (χ4n) is 2.85. The number of nitro groups is 1. The molecule has 0 aliphatic heterocycles. The highest BCUT2D eigenvalue weighted by Crippen LogP contribution is 2.31. The van der Waals surface area contributed by atoms with Crippen molar-refractivity contribution in [3.05, 3.63) is 93.5 Å². The minimum atomic E-state index is -4.11. The van der Waals surface area contributed by atoms with Gasteiger partial charge in [-0.2, -0.15) is 0 Å². The number of rotatable bonds is 8. The Morgan fingerprint density at radius 2 is 1.79 bits per heavy atom. The molecule has 0 saturated heterocycles. The summed E-state index contributed by atoms with van der Waals surface area (Å²) in [7, 11) is -2.79. The van der Waals surface area contributed by atoms with Gasteiger partial charge in [0.2, 0.25) is 5.91 Å². The summed E-state index contributed by atoms with van der Waals surface area (Å²) in [5, 5.41) is 13.8. The molecule has 0 unspecified atom stereocenters. The lowest BCUT2D eigenvalue weighted by atomic mass is 10.1. The number of hydrogen-bond acceptors (Lipinski definition) is 6. The van der Waals surface area contributed by atoms with Gasteiger partial charge in [0.25, 0.3) is 15.7 Å². The number of ether oxygens (including phenoxy) is 1. The fourth-order valence-corrected chi connectivity index (χ4v) is 4.37. The molecule has 0 aromatic heterocycles. The molecule has 0 fully saturated rings. The summed E-state index contributed by atoms with van der Waals surface area (Å²) in [5.41, 5.74) is 0.459. The summed E-state index contributed by atoms with van der Waals surface area (Å²) in [6, 6.07) is 16.4. The van der Waals surface area contributed by atoms with E-state index in [1.165, 1.54) is 61.7 Å². The van der Waals surface area contributed by atoms with E-state index in [1.54, 1.807) is 18.2 Å². The summed E-state index contributed by atoms with van der Waals surface area (Å²) in [5.74, 6) is -0.552. The molecule has 0 saturated carbocycles. The molecule has 0 aliphatic carbocycles. The number of para-hydroxylation sites is 2. The second-order valence-electron chi connectivity index (χ2n) is 6.59. The first-order valence-electron chi connectivity index (χ1n) is 9.39. The fraction of sp³-hybridized carbons (Fsp3) is 0.0455. The summed E-state index contributed by atoms with van der Waals surface area (Å²) < 4.78 is 33.4. The van der Waals surface area contributed by atoms with E-state index in [2.05, 4.69) is 10.0 Å². The lowest BCUT2D eigenvalue weighted by molar-refractivity contribution is -0.385. The topological polar surface area (TPSA) is 128 Å². The van der Waals surface area contributed by atoms with E-state index in [4.69, 9.17) is 16.3 Å². The second-order valence-corrected chi connectivity index (χ2v) is 8.65. The number of halogens is 1. The molecule has 0 atom stereocenters. The number of nitrogens with zero attached hydrogens (tertiary/aromatic N) is 1. The van der Waals surface area contributed by atoms with Crippen LogP contribution in [0.3, 0.4) is 0 Å². The summed E-state index contributed by atoms with van der Waals surface area (Å²) in [6.45, 7) is 0. The number of sulfonamides is 1. The van der Waals surface area contributed by atoms with Gasteiger partial charge in [-0.05, 0) is 42.5 Å². The Morgan fingerprint density at radius 1 is 1.09 bits per heavy atom. The normalized spacial score (nSPS) is 11.2. The first-order valence-corrected chi connectivity index (χ1v) is 11.3. The standard InChI is InChI=1S/C22H18ClN3O6S/c1-32-20-12-11-16(14-21(20)33(30,31)25-18-8-4-3-7-17(18)23)24-22(27)13-10-15-6-2-5-9-19(15)26(28)29/h2-14,25H,1H3,(H,24,27)/b13-10+. The van der Waals surface area contributed by atoms with Gasteiger partial charge in [0, 0.05) is 17.8 Å². The van der Waals surface area contributed by atoms with Crippen LogP contribution < -0.4 is 14.8 Å². The third-order valence-electron chi connectivity index (χ3n) is 4.39. The summed E-state index contributed by atoms with van der Waals surface area (Å²) >= 11 is 6.04. The van der Waals surface area contributed by atoms with Crippen molar-refractivity contribution >= 4 is 50.7 Å². The van der Waals surface area contributed by atoms with Crippen LogP contribution in [-0.4, -0.2) is 26.4 Å². The molecule has 0 spiro atoms. The Bertz CT molecular complexity index is 1340. The molecular formula is C22H18ClN3O6S. The lowest BCUT2D eigenvalue weighted by Gasteiger charge is -2.14. The first-order chi connectivity index (χ1) is 15.7. The maximum absolute atomic E-state index is 12.9. The highest BCUT2D eigenvalue weighted by molar-refractivity contribution is 7.92. The molecule has 0 aliphatic rings. The first kappa shape index (κ1) is 23.8. The minimum Gasteiger partial charge on any atom is -0.495 e. The average molecular weight is 488 g/mol. The number of methoxy groups -OCH3 is 1.